The molecule has 0 fully saturated rings. The fourth-order valence-corrected chi connectivity index (χ4v) is 4.37. The topological polar surface area (TPSA) is 162 Å². The van der Waals surface area contributed by atoms with Gasteiger partial charge >= 0.3 is 0 Å². The third kappa shape index (κ3) is 9.16. The van der Waals surface area contributed by atoms with Crippen LogP contribution in [0.25, 0.3) is 0 Å². The van der Waals surface area contributed by atoms with E-state index < -0.39 is 15.9 Å². The molecule has 6 N–H and O–H groups in total. The van der Waals surface area contributed by atoms with Gasteiger partial charge < -0.3 is 26.0 Å². The molecule has 13 heteroatoms. The molecule has 0 aliphatic carbocycles. The van der Waals surface area contributed by atoms with Crippen molar-refractivity contribution in [3.05, 3.63) is 35.1 Å². The Morgan fingerprint density at radius 3 is 2.47 bits per heavy atom. The molecule has 0 aliphatic rings. The van der Waals surface area contributed by atoms with Crippen molar-refractivity contribution in [3.63, 3.8) is 0 Å². The van der Waals surface area contributed by atoms with Crippen molar-refractivity contribution in [1.29, 1.82) is 0 Å². The minimum Gasteiger partial charge on any atom is -0.493 e. The van der Waals surface area contributed by atoms with Gasteiger partial charge in [0.05, 0.1) is 45.2 Å². The SMILES string of the molecule is C#CCCOc1ccc(S(=O)(=O)NCCCC[N+](C)(C)CCNC(=O)c2nc(Cl)c(N)nc2N)cc1. The number of unbranched alkanes of at least 4 members (excludes halogenated alkanes) is 1. The lowest BCUT2D eigenvalue weighted by Gasteiger charge is -2.30. The zero-order valence-electron chi connectivity index (χ0n) is 20.5. The fourth-order valence-electron chi connectivity index (χ4n) is 3.17. The molecule has 196 valence electrons. The van der Waals surface area contributed by atoms with Crippen LogP contribution in [0.3, 0.4) is 0 Å². The van der Waals surface area contributed by atoms with Crippen LogP contribution in [-0.4, -0.2) is 75.7 Å². The first kappa shape index (κ1) is 29.1. The first-order chi connectivity index (χ1) is 16.9. The maximum atomic E-state index is 12.5. The van der Waals surface area contributed by atoms with Crippen molar-refractivity contribution in [1.82, 2.24) is 20.0 Å². The zero-order chi connectivity index (χ0) is 26.8. The van der Waals surface area contributed by atoms with Gasteiger partial charge in [0.15, 0.2) is 22.5 Å². The highest BCUT2D eigenvalue weighted by molar-refractivity contribution is 7.89. The number of terminal acetylenes is 1. The minimum atomic E-state index is -3.61. The van der Waals surface area contributed by atoms with Crippen LogP contribution >= 0.6 is 11.6 Å². The van der Waals surface area contributed by atoms with Crippen LogP contribution in [0.2, 0.25) is 5.15 Å². The Morgan fingerprint density at radius 2 is 1.81 bits per heavy atom. The number of nitrogen functional groups attached to an aromatic ring is 2. The van der Waals surface area contributed by atoms with E-state index in [1.165, 1.54) is 12.1 Å². The van der Waals surface area contributed by atoms with Gasteiger partial charge in [-0.1, -0.05) is 11.6 Å². The van der Waals surface area contributed by atoms with Crippen molar-refractivity contribution in [2.24, 2.45) is 0 Å². The number of nitrogens with one attached hydrogen (secondary N) is 2. The summed E-state index contributed by atoms with van der Waals surface area (Å²) < 4.78 is 33.7. The maximum Gasteiger partial charge on any atom is 0.273 e. The van der Waals surface area contributed by atoms with Gasteiger partial charge in [-0.3, -0.25) is 4.79 Å². The normalized spacial score (nSPS) is 11.6. The number of aromatic nitrogens is 2. The maximum absolute atomic E-state index is 12.5. The number of quaternary nitrogens is 1. The van der Waals surface area contributed by atoms with Crippen LogP contribution in [0.1, 0.15) is 29.8 Å². The molecule has 1 amide bonds. The van der Waals surface area contributed by atoms with Gasteiger partial charge in [0, 0.05) is 13.0 Å². The molecule has 0 radical (unpaired) electrons. The van der Waals surface area contributed by atoms with Crippen molar-refractivity contribution >= 4 is 39.2 Å². The third-order valence-corrected chi connectivity index (χ3v) is 7.01. The van der Waals surface area contributed by atoms with Gasteiger partial charge in [-0.25, -0.2) is 23.1 Å². The van der Waals surface area contributed by atoms with Crippen LogP contribution in [0, 0.1) is 12.3 Å². The number of ether oxygens (including phenoxy) is 1. The van der Waals surface area contributed by atoms with Gasteiger partial charge in [-0.05, 0) is 37.1 Å². The predicted molar refractivity (Wildman–Crippen MR) is 140 cm³/mol. The number of nitrogens with zero attached hydrogens (tertiary/aromatic N) is 3. The number of hydrogen-bond acceptors (Lipinski definition) is 8. The summed E-state index contributed by atoms with van der Waals surface area (Å²) in [6, 6.07) is 6.21. The first-order valence-corrected chi connectivity index (χ1v) is 13.2. The molecule has 0 aliphatic heterocycles. The average Bonchev–Trinajstić information content (AvgIpc) is 2.81. The summed E-state index contributed by atoms with van der Waals surface area (Å²) in [6.07, 6.45) is 7.12. The molecule has 0 saturated carbocycles. The molecule has 2 rings (SSSR count). The van der Waals surface area contributed by atoms with Gasteiger partial charge in [-0.2, -0.15) is 0 Å². The molecule has 0 atom stereocenters. The van der Waals surface area contributed by atoms with E-state index in [0.29, 0.717) is 49.3 Å². The molecule has 0 saturated heterocycles. The predicted octanol–water partition coefficient (Wildman–Crippen LogP) is 1.26. The second-order valence-corrected chi connectivity index (χ2v) is 10.8. The van der Waals surface area contributed by atoms with E-state index in [9.17, 15) is 13.2 Å². The Kier molecular flexibility index (Phi) is 10.7. The highest BCUT2D eigenvalue weighted by Gasteiger charge is 2.19. The summed E-state index contributed by atoms with van der Waals surface area (Å²) in [6.45, 7) is 2.50. The van der Waals surface area contributed by atoms with Gasteiger partial charge in [0.25, 0.3) is 5.91 Å². The summed E-state index contributed by atoms with van der Waals surface area (Å²) in [5, 5.41) is 2.67. The average molecular weight is 539 g/mol. The Bertz CT molecular complexity index is 1180. The van der Waals surface area contributed by atoms with Crippen molar-refractivity contribution in [3.8, 4) is 18.1 Å². The zero-order valence-corrected chi connectivity index (χ0v) is 22.0. The molecule has 0 unspecified atom stereocenters. The molecular formula is C23H33ClN7O4S+. The van der Waals surface area contributed by atoms with Crippen LogP contribution in [0.5, 0.6) is 5.75 Å². The van der Waals surface area contributed by atoms with Crippen LogP contribution in [0.4, 0.5) is 11.6 Å². The van der Waals surface area contributed by atoms with E-state index >= 15 is 0 Å². The summed E-state index contributed by atoms with van der Waals surface area (Å²) in [7, 11) is 0.445. The summed E-state index contributed by atoms with van der Waals surface area (Å²) >= 11 is 5.82. The quantitative estimate of drug-likeness (QED) is 0.159. The lowest BCUT2D eigenvalue weighted by Crippen LogP contribution is -2.46. The molecule has 0 spiro atoms. The number of sulfonamides is 1. The lowest BCUT2D eigenvalue weighted by atomic mass is 10.2. The molecular weight excluding hydrogens is 506 g/mol. The number of rotatable bonds is 14. The fraction of sp³-hybridized carbons (Fsp3) is 0.435. The first-order valence-electron chi connectivity index (χ1n) is 11.3. The minimum absolute atomic E-state index is 0.0367. The molecule has 2 aromatic rings. The highest BCUT2D eigenvalue weighted by atomic mass is 35.5. The Balaban J connectivity index is 1.71. The van der Waals surface area contributed by atoms with Crippen LogP contribution in [0.15, 0.2) is 29.2 Å². The highest BCUT2D eigenvalue weighted by Crippen LogP contribution is 2.18. The number of amides is 1. The van der Waals surface area contributed by atoms with Crippen LogP contribution < -0.4 is 26.2 Å². The molecule has 1 aromatic heterocycles. The number of carbonyl (C=O) groups excluding carboxylic acids is 1. The Morgan fingerprint density at radius 1 is 1.11 bits per heavy atom. The van der Waals surface area contributed by atoms with E-state index in [-0.39, 0.29) is 27.4 Å². The lowest BCUT2D eigenvalue weighted by molar-refractivity contribution is -0.889. The van der Waals surface area contributed by atoms with Gasteiger partial charge in [-0.15, -0.1) is 12.3 Å². The van der Waals surface area contributed by atoms with Crippen LogP contribution in [-0.2, 0) is 10.0 Å². The molecule has 36 heavy (non-hydrogen) atoms. The number of likely N-dealkylation sites (N-methyl/N-ethyl adjacent to an activating group) is 1. The number of nitrogens with two attached hydrogens (primary N) is 2. The van der Waals surface area contributed by atoms with Crippen molar-refractivity contribution < 1.29 is 22.4 Å². The standard InChI is InChI=1S/C23H32ClN7O4S/c1-4-5-16-35-17-8-10-18(11-9-17)36(33,34)28-12-6-7-14-31(2,3)15-13-27-23(32)19-21(25)30-22(26)20(24)29-19/h1,8-11,28H,5-7,12-16H2,2-3H3,(H4-,25,26,27,30,32)/p+1. The van der Waals surface area contributed by atoms with E-state index in [1.807, 2.05) is 14.1 Å². The summed E-state index contributed by atoms with van der Waals surface area (Å²) in [4.78, 5) is 20.2. The molecule has 0 bridgehead atoms. The molecule has 1 heterocycles. The number of hydrogen-bond donors (Lipinski definition) is 4. The Labute approximate surface area is 217 Å². The van der Waals surface area contributed by atoms with E-state index in [0.717, 1.165) is 13.0 Å². The molecule has 1 aromatic carbocycles. The van der Waals surface area contributed by atoms with E-state index in [4.69, 9.17) is 34.2 Å². The summed E-state index contributed by atoms with van der Waals surface area (Å²) in [5.41, 5.74) is 11.2. The monoisotopic (exact) mass is 538 g/mol. The van der Waals surface area contributed by atoms with E-state index in [2.05, 4.69) is 25.9 Å². The molecule has 11 nitrogen and oxygen atoms in total. The largest absolute Gasteiger partial charge is 0.493 e. The van der Waals surface area contributed by atoms with Gasteiger partial charge in [0.1, 0.15) is 5.75 Å². The summed E-state index contributed by atoms with van der Waals surface area (Å²) in [5.74, 6) is 2.43. The number of benzene rings is 1. The second-order valence-electron chi connectivity index (χ2n) is 8.65. The number of carbonyl (C=O) groups is 1. The van der Waals surface area contributed by atoms with Crippen molar-refractivity contribution in [2.45, 2.75) is 24.2 Å². The third-order valence-electron chi connectivity index (χ3n) is 5.25. The number of halogens is 1. The van der Waals surface area contributed by atoms with Gasteiger partial charge in [0.2, 0.25) is 10.0 Å². The number of anilines is 2. The van der Waals surface area contributed by atoms with E-state index in [1.54, 1.807) is 12.1 Å². The smallest absolute Gasteiger partial charge is 0.273 e. The Hall–Kier alpha value is -3.11. The second kappa shape index (κ2) is 13.3. The van der Waals surface area contributed by atoms with Crippen molar-refractivity contribution in [2.75, 3.05) is 58.3 Å².